The van der Waals surface area contributed by atoms with E-state index in [-0.39, 0.29) is 0 Å². The van der Waals surface area contributed by atoms with Gasteiger partial charge in [0.2, 0.25) is 0 Å². The molecule has 2 rings (SSSR count). The molecule has 0 amide bonds. The molecule has 0 atom stereocenters. The lowest BCUT2D eigenvalue weighted by atomic mass is 10.2. The summed E-state index contributed by atoms with van der Waals surface area (Å²) in [6.07, 6.45) is 0. The zero-order valence-electron chi connectivity index (χ0n) is 9.41. The van der Waals surface area contributed by atoms with Crippen molar-refractivity contribution in [1.29, 1.82) is 0 Å². The molecule has 0 aromatic heterocycles. The van der Waals surface area contributed by atoms with Crippen molar-refractivity contribution in [1.82, 2.24) is 0 Å². The minimum absolute atomic E-state index is 0.511. The highest BCUT2D eigenvalue weighted by atomic mass is 35.5. The molecular formula is C14H12Cl2O. The number of ether oxygens (including phenoxy) is 1. The van der Waals surface area contributed by atoms with Crippen LogP contribution in [-0.4, -0.2) is 0 Å². The van der Waals surface area contributed by atoms with Gasteiger partial charge in [-0.25, -0.2) is 0 Å². The van der Waals surface area contributed by atoms with Gasteiger partial charge in [0.05, 0.1) is 0 Å². The smallest absolute Gasteiger partial charge is 0.128 e. The lowest BCUT2D eigenvalue weighted by molar-refractivity contribution is 0.482. The second-order valence-electron chi connectivity index (χ2n) is 3.79. The van der Waals surface area contributed by atoms with E-state index >= 15 is 0 Å². The molecule has 0 fully saturated rings. The highest BCUT2D eigenvalue weighted by Crippen LogP contribution is 2.26. The summed E-state index contributed by atoms with van der Waals surface area (Å²) in [6.45, 7) is 1.96. The topological polar surface area (TPSA) is 9.23 Å². The SMILES string of the molecule is Cc1ccc(Oc2ccc(CCl)cc2)cc1Cl. The van der Waals surface area contributed by atoms with Gasteiger partial charge in [-0.3, -0.25) is 0 Å². The zero-order chi connectivity index (χ0) is 12.3. The summed E-state index contributed by atoms with van der Waals surface area (Å²) in [6, 6.07) is 13.3. The van der Waals surface area contributed by atoms with E-state index in [9.17, 15) is 0 Å². The summed E-state index contributed by atoms with van der Waals surface area (Å²) in [7, 11) is 0. The maximum atomic E-state index is 6.03. The van der Waals surface area contributed by atoms with Crippen molar-refractivity contribution in [3.05, 3.63) is 58.6 Å². The van der Waals surface area contributed by atoms with E-state index < -0.39 is 0 Å². The molecule has 3 heteroatoms. The second kappa shape index (κ2) is 5.44. The van der Waals surface area contributed by atoms with Gasteiger partial charge < -0.3 is 4.74 Å². The number of halogens is 2. The third-order valence-electron chi connectivity index (χ3n) is 2.46. The van der Waals surface area contributed by atoms with Gasteiger partial charge in [-0.2, -0.15) is 0 Å². The van der Waals surface area contributed by atoms with Crippen molar-refractivity contribution in [2.24, 2.45) is 0 Å². The van der Waals surface area contributed by atoms with E-state index in [1.54, 1.807) is 0 Å². The van der Waals surface area contributed by atoms with Crippen LogP contribution in [0.4, 0.5) is 0 Å². The van der Waals surface area contributed by atoms with E-state index in [1.165, 1.54) is 0 Å². The van der Waals surface area contributed by atoms with Gasteiger partial charge in [-0.1, -0.05) is 29.8 Å². The van der Waals surface area contributed by atoms with Crippen LogP contribution in [0.15, 0.2) is 42.5 Å². The average Bonchev–Trinajstić information content (AvgIpc) is 2.35. The molecule has 2 aromatic rings. The van der Waals surface area contributed by atoms with Crippen LogP contribution < -0.4 is 4.74 Å². The molecule has 0 N–H and O–H groups in total. The van der Waals surface area contributed by atoms with Crippen molar-refractivity contribution >= 4 is 23.2 Å². The summed E-state index contributed by atoms with van der Waals surface area (Å²) < 4.78 is 5.69. The monoisotopic (exact) mass is 266 g/mol. The minimum atomic E-state index is 0.511. The lowest BCUT2D eigenvalue weighted by Gasteiger charge is -2.07. The molecule has 0 bridgehead atoms. The fraction of sp³-hybridized carbons (Fsp3) is 0.143. The third-order valence-corrected chi connectivity index (χ3v) is 3.17. The first-order chi connectivity index (χ1) is 8.19. The Hall–Kier alpha value is -1.18. The Labute approximate surface area is 111 Å². The summed E-state index contributed by atoms with van der Waals surface area (Å²) in [5, 5.41) is 0.708. The predicted molar refractivity (Wildman–Crippen MR) is 72.3 cm³/mol. The number of hydrogen-bond acceptors (Lipinski definition) is 1. The number of alkyl halides is 1. The summed E-state index contributed by atoms with van der Waals surface area (Å²) in [5.41, 5.74) is 2.11. The van der Waals surface area contributed by atoms with Gasteiger partial charge in [-0.15, -0.1) is 11.6 Å². The largest absolute Gasteiger partial charge is 0.457 e. The Kier molecular flexibility index (Phi) is 3.93. The molecule has 0 heterocycles. The van der Waals surface area contributed by atoms with Crippen molar-refractivity contribution < 1.29 is 4.74 Å². The molecule has 88 valence electrons. The van der Waals surface area contributed by atoms with Gasteiger partial charge in [-0.05, 0) is 42.3 Å². The molecule has 2 aromatic carbocycles. The fourth-order valence-electron chi connectivity index (χ4n) is 1.42. The van der Waals surface area contributed by atoms with E-state index in [4.69, 9.17) is 27.9 Å². The molecule has 0 saturated heterocycles. The molecule has 0 aliphatic carbocycles. The van der Waals surface area contributed by atoms with Crippen LogP contribution in [0, 0.1) is 6.92 Å². The highest BCUT2D eigenvalue weighted by Gasteiger charge is 2.00. The number of aryl methyl sites for hydroxylation is 1. The van der Waals surface area contributed by atoms with Crippen LogP contribution >= 0.6 is 23.2 Å². The van der Waals surface area contributed by atoms with Crippen molar-refractivity contribution in [3.63, 3.8) is 0 Å². The molecule has 0 saturated carbocycles. The summed E-state index contributed by atoms with van der Waals surface area (Å²) in [4.78, 5) is 0. The second-order valence-corrected chi connectivity index (χ2v) is 4.47. The number of benzene rings is 2. The molecule has 0 spiro atoms. The lowest BCUT2D eigenvalue weighted by Crippen LogP contribution is -1.86. The maximum Gasteiger partial charge on any atom is 0.128 e. The molecule has 17 heavy (non-hydrogen) atoms. The zero-order valence-corrected chi connectivity index (χ0v) is 10.9. The minimum Gasteiger partial charge on any atom is -0.457 e. The molecule has 0 aliphatic rings. The van der Waals surface area contributed by atoms with E-state index in [0.717, 1.165) is 22.6 Å². The Morgan fingerprint density at radius 2 is 1.65 bits per heavy atom. The Morgan fingerprint density at radius 1 is 1.00 bits per heavy atom. The first-order valence-electron chi connectivity index (χ1n) is 5.28. The van der Waals surface area contributed by atoms with Gasteiger partial charge in [0.1, 0.15) is 11.5 Å². The van der Waals surface area contributed by atoms with Gasteiger partial charge in [0.25, 0.3) is 0 Å². The van der Waals surface area contributed by atoms with Crippen LogP contribution in [0.2, 0.25) is 5.02 Å². The fourth-order valence-corrected chi connectivity index (χ4v) is 1.77. The van der Waals surface area contributed by atoms with Gasteiger partial charge >= 0.3 is 0 Å². The van der Waals surface area contributed by atoms with Crippen LogP contribution in [-0.2, 0) is 5.88 Å². The van der Waals surface area contributed by atoms with Crippen LogP contribution in [0.5, 0.6) is 11.5 Å². The Bertz CT molecular complexity index is 506. The quantitative estimate of drug-likeness (QED) is 0.696. The summed E-state index contributed by atoms with van der Waals surface area (Å²) in [5.74, 6) is 2.02. The number of hydrogen-bond donors (Lipinski definition) is 0. The van der Waals surface area contributed by atoms with Crippen molar-refractivity contribution in [2.75, 3.05) is 0 Å². The first-order valence-corrected chi connectivity index (χ1v) is 6.19. The molecule has 0 unspecified atom stereocenters. The molecular weight excluding hydrogens is 255 g/mol. The normalized spacial score (nSPS) is 10.3. The van der Waals surface area contributed by atoms with E-state index in [1.807, 2.05) is 49.4 Å². The number of rotatable bonds is 3. The van der Waals surface area contributed by atoms with Gasteiger partial charge in [0, 0.05) is 10.9 Å². The first kappa shape index (κ1) is 12.3. The average molecular weight is 267 g/mol. The van der Waals surface area contributed by atoms with Crippen LogP contribution in [0.25, 0.3) is 0 Å². The summed E-state index contributed by atoms with van der Waals surface area (Å²) >= 11 is 11.7. The van der Waals surface area contributed by atoms with Crippen LogP contribution in [0.3, 0.4) is 0 Å². The Balaban J connectivity index is 2.16. The van der Waals surface area contributed by atoms with E-state index in [0.29, 0.717) is 10.9 Å². The van der Waals surface area contributed by atoms with E-state index in [2.05, 4.69) is 0 Å². The van der Waals surface area contributed by atoms with Crippen LogP contribution in [0.1, 0.15) is 11.1 Å². The van der Waals surface area contributed by atoms with Crippen molar-refractivity contribution in [3.8, 4) is 11.5 Å². The molecule has 1 nitrogen and oxygen atoms in total. The maximum absolute atomic E-state index is 6.03. The molecule has 0 aliphatic heterocycles. The van der Waals surface area contributed by atoms with Gasteiger partial charge in [0.15, 0.2) is 0 Å². The third kappa shape index (κ3) is 3.15. The van der Waals surface area contributed by atoms with Crippen molar-refractivity contribution in [2.45, 2.75) is 12.8 Å². The predicted octanol–water partition coefficient (Wildman–Crippen LogP) is 5.18. The standard InChI is InChI=1S/C14H12Cl2O/c1-10-2-5-13(8-14(10)16)17-12-6-3-11(9-15)4-7-12/h2-8H,9H2,1H3. The highest BCUT2D eigenvalue weighted by molar-refractivity contribution is 6.31. The molecule has 0 radical (unpaired) electrons. The Morgan fingerprint density at radius 3 is 2.24 bits per heavy atom.